The summed E-state index contributed by atoms with van der Waals surface area (Å²) in [6.45, 7) is 3.84. The number of amides is 1. The van der Waals surface area contributed by atoms with Gasteiger partial charge in [-0.1, -0.05) is 42.1 Å². The number of aryl methyl sites for hydroxylation is 1. The highest BCUT2D eigenvalue weighted by molar-refractivity contribution is 8.00. The standard InChI is InChI=1S/C19H19N3OS2/c1-11(17(23)22-14-8-9-14)24-18-15-10-16(13-6-4-3-5-7-13)25-19(15)21-12(2)20-18/h3-7,10-11,14H,8-9H2,1-2H3,(H,22,23)/t11-/m0/s1. The van der Waals surface area contributed by atoms with Gasteiger partial charge in [0.1, 0.15) is 15.7 Å². The minimum Gasteiger partial charge on any atom is -0.352 e. The van der Waals surface area contributed by atoms with Gasteiger partial charge in [0.2, 0.25) is 5.91 Å². The van der Waals surface area contributed by atoms with Crippen LogP contribution in [0.3, 0.4) is 0 Å². The molecule has 4 rings (SSSR count). The Kier molecular flexibility index (Phi) is 4.48. The quantitative estimate of drug-likeness (QED) is 0.534. The van der Waals surface area contributed by atoms with E-state index in [9.17, 15) is 4.79 Å². The topological polar surface area (TPSA) is 54.9 Å². The Hall–Kier alpha value is -1.92. The Labute approximate surface area is 155 Å². The van der Waals surface area contributed by atoms with Crippen LogP contribution in [0.4, 0.5) is 0 Å². The molecule has 1 aliphatic rings. The molecule has 1 fully saturated rings. The molecule has 25 heavy (non-hydrogen) atoms. The van der Waals surface area contributed by atoms with Crippen molar-refractivity contribution in [1.82, 2.24) is 15.3 Å². The van der Waals surface area contributed by atoms with Crippen LogP contribution in [-0.2, 0) is 4.79 Å². The van der Waals surface area contributed by atoms with Gasteiger partial charge in [0, 0.05) is 16.3 Å². The largest absolute Gasteiger partial charge is 0.352 e. The van der Waals surface area contributed by atoms with Crippen LogP contribution < -0.4 is 5.32 Å². The molecule has 0 aliphatic heterocycles. The van der Waals surface area contributed by atoms with Crippen molar-refractivity contribution in [3.05, 3.63) is 42.2 Å². The van der Waals surface area contributed by atoms with E-state index in [-0.39, 0.29) is 11.2 Å². The molecule has 0 unspecified atom stereocenters. The minimum atomic E-state index is -0.168. The predicted octanol–water partition coefficient (Wildman–Crippen LogP) is 4.43. The van der Waals surface area contributed by atoms with Crippen molar-refractivity contribution in [3.63, 3.8) is 0 Å². The second-order valence-electron chi connectivity index (χ2n) is 6.31. The molecule has 6 heteroatoms. The highest BCUT2D eigenvalue weighted by Gasteiger charge is 2.26. The molecule has 2 heterocycles. The first-order valence-electron chi connectivity index (χ1n) is 8.41. The molecule has 1 N–H and O–H groups in total. The van der Waals surface area contributed by atoms with Gasteiger partial charge in [0.15, 0.2) is 0 Å². The second-order valence-corrected chi connectivity index (χ2v) is 8.67. The van der Waals surface area contributed by atoms with Crippen molar-refractivity contribution in [3.8, 4) is 10.4 Å². The number of carbonyl (C=O) groups excluding carboxylic acids is 1. The van der Waals surface area contributed by atoms with Gasteiger partial charge in [-0.3, -0.25) is 4.79 Å². The summed E-state index contributed by atoms with van der Waals surface area (Å²) in [5.74, 6) is 0.835. The van der Waals surface area contributed by atoms with Gasteiger partial charge >= 0.3 is 0 Å². The molecule has 0 radical (unpaired) electrons. The molecule has 3 aromatic rings. The van der Waals surface area contributed by atoms with E-state index in [2.05, 4.69) is 33.5 Å². The molecule has 1 amide bonds. The maximum atomic E-state index is 12.3. The van der Waals surface area contributed by atoms with Gasteiger partial charge in [-0.25, -0.2) is 9.97 Å². The predicted molar refractivity (Wildman–Crippen MR) is 104 cm³/mol. The van der Waals surface area contributed by atoms with Crippen molar-refractivity contribution in [2.24, 2.45) is 0 Å². The van der Waals surface area contributed by atoms with Crippen molar-refractivity contribution < 1.29 is 4.79 Å². The first-order chi connectivity index (χ1) is 12.1. The molecule has 4 nitrogen and oxygen atoms in total. The zero-order valence-electron chi connectivity index (χ0n) is 14.2. The zero-order chi connectivity index (χ0) is 17.4. The number of hydrogen-bond acceptors (Lipinski definition) is 5. The van der Waals surface area contributed by atoms with E-state index < -0.39 is 0 Å². The van der Waals surface area contributed by atoms with Gasteiger partial charge in [-0.05, 0) is 38.3 Å². The lowest BCUT2D eigenvalue weighted by Gasteiger charge is -2.11. The van der Waals surface area contributed by atoms with Gasteiger partial charge in [0.25, 0.3) is 0 Å². The van der Waals surface area contributed by atoms with Crippen LogP contribution in [0.25, 0.3) is 20.7 Å². The van der Waals surface area contributed by atoms with Gasteiger partial charge in [0.05, 0.1) is 5.25 Å². The molecule has 0 saturated heterocycles. The Morgan fingerprint density at radius 2 is 2.04 bits per heavy atom. The van der Waals surface area contributed by atoms with E-state index in [1.54, 1.807) is 11.3 Å². The number of nitrogens with one attached hydrogen (secondary N) is 1. The third-order valence-electron chi connectivity index (χ3n) is 4.11. The third-order valence-corrected chi connectivity index (χ3v) is 6.29. The summed E-state index contributed by atoms with van der Waals surface area (Å²) in [5, 5.41) is 4.82. The number of thiophene rings is 1. The zero-order valence-corrected chi connectivity index (χ0v) is 15.8. The highest BCUT2D eigenvalue weighted by Crippen LogP contribution is 2.37. The maximum absolute atomic E-state index is 12.3. The fraction of sp³-hybridized carbons (Fsp3) is 0.316. The fourth-order valence-corrected chi connectivity index (χ4v) is 4.72. The molecule has 1 atom stereocenters. The Bertz CT molecular complexity index is 919. The smallest absolute Gasteiger partial charge is 0.233 e. The summed E-state index contributed by atoms with van der Waals surface area (Å²) in [6, 6.07) is 12.8. The Balaban J connectivity index is 1.65. The van der Waals surface area contributed by atoms with E-state index in [1.165, 1.54) is 22.2 Å². The number of aromatic nitrogens is 2. The van der Waals surface area contributed by atoms with E-state index >= 15 is 0 Å². The summed E-state index contributed by atoms with van der Waals surface area (Å²) in [7, 11) is 0. The number of thioether (sulfide) groups is 1. The molecule has 2 aromatic heterocycles. The fourth-order valence-electron chi connectivity index (χ4n) is 2.60. The van der Waals surface area contributed by atoms with E-state index in [0.717, 1.165) is 33.9 Å². The second kappa shape index (κ2) is 6.77. The molecule has 1 saturated carbocycles. The summed E-state index contributed by atoms with van der Waals surface area (Å²) < 4.78 is 0. The summed E-state index contributed by atoms with van der Waals surface area (Å²) >= 11 is 3.19. The van der Waals surface area contributed by atoms with Gasteiger partial charge < -0.3 is 5.32 Å². The summed E-state index contributed by atoms with van der Waals surface area (Å²) in [5.41, 5.74) is 1.18. The molecule has 0 spiro atoms. The van der Waals surface area contributed by atoms with Crippen molar-refractivity contribution in [2.45, 2.75) is 43.0 Å². The first-order valence-corrected chi connectivity index (χ1v) is 10.1. The van der Waals surface area contributed by atoms with Crippen LogP contribution >= 0.6 is 23.1 Å². The number of fused-ring (bicyclic) bond motifs is 1. The number of benzene rings is 1. The van der Waals surface area contributed by atoms with Crippen LogP contribution in [0.5, 0.6) is 0 Å². The average Bonchev–Trinajstić information content (AvgIpc) is 3.31. The lowest BCUT2D eigenvalue weighted by Crippen LogP contribution is -2.32. The monoisotopic (exact) mass is 369 g/mol. The number of carbonyl (C=O) groups is 1. The third kappa shape index (κ3) is 3.70. The molecular formula is C19H19N3OS2. The molecular weight excluding hydrogens is 350 g/mol. The molecule has 128 valence electrons. The van der Waals surface area contributed by atoms with E-state index in [0.29, 0.717) is 6.04 Å². The van der Waals surface area contributed by atoms with Gasteiger partial charge in [-0.2, -0.15) is 0 Å². The number of rotatable bonds is 5. The lowest BCUT2D eigenvalue weighted by atomic mass is 10.2. The summed E-state index contributed by atoms with van der Waals surface area (Å²) in [4.78, 5) is 23.6. The van der Waals surface area contributed by atoms with Crippen molar-refractivity contribution in [2.75, 3.05) is 0 Å². The Morgan fingerprint density at radius 3 is 2.76 bits per heavy atom. The maximum Gasteiger partial charge on any atom is 0.233 e. The number of nitrogens with zero attached hydrogens (tertiary/aromatic N) is 2. The van der Waals surface area contributed by atoms with Crippen LogP contribution in [0.1, 0.15) is 25.6 Å². The highest BCUT2D eigenvalue weighted by atomic mass is 32.2. The van der Waals surface area contributed by atoms with Crippen LogP contribution in [0.15, 0.2) is 41.4 Å². The first kappa shape index (κ1) is 16.5. The van der Waals surface area contributed by atoms with E-state index in [1.807, 2.05) is 32.0 Å². The average molecular weight is 370 g/mol. The van der Waals surface area contributed by atoms with Crippen molar-refractivity contribution in [1.29, 1.82) is 0 Å². The molecule has 0 bridgehead atoms. The van der Waals surface area contributed by atoms with Crippen molar-refractivity contribution >= 4 is 39.2 Å². The lowest BCUT2D eigenvalue weighted by molar-refractivity contribution is -0.120. The minimum absolute atomic E-state index is 0.0930. The SMILES string of the molecule is Cc1nc(S[C@@H](C)C(=O)NC2CC2)c2cc(-c3ccccc3)sc2n1. The van der Waals surface area contributed by atoms with Crippen LogP contribution in [-0.4, -0.2) is 27.2 Å². The number of hydrogen-bond donors (Lipinski definition) is 1. The molecule has 1 aromatic carbocycles. The summed E-state index contributed by atoms with van der Waals surface area (Å²) in [6.07, 6.45) is 2.20. The normalized spacial score (nSPS) is 15.3. The van der Waals surface area contributed by atoms with E-state index in [4.69, 9.17) is 0 Å². The van der Waals surface area contributed by atoms with Gasteiger partial charge in [-0.15, -0.1) is 11.3 Å². The Morgan fingerprint density at radius 1 is 1.28 bits per heavy atom. The molecule has 1 aliphatic carbocycles. The van der Waals surface area contributed by atoms with Crippen LogP contribution in [0, 0.1) is 6.92 Å². The van der Waals surface area contributed by atoms with Crippen LogP contribution in [0.2, 0.25) is 0 Å².